The third-order valence-electron chi connectivity index (χ3n) is 3.17. The van der Waals surface area contributed by atoms with Gasteiger partial charge in [-0.15, -0.1) is 0 Å². The lowest BCUT2D eigenvalue weighted by atomic mass is 10.1. The van der Waals surface area contributed by atoms with Gasteiger partial charge in [-0.2, -0.15) is 0 Å². The third-order valence-corrected chi connectivity index (χ3v) is 4.25. The van der Waals surface area contributed by atoms with Crippen LogP contribution in [0.1, 0.15) is 23.7 Å². The lowest BCUT2D eigenvalue weighted by Gasteiger charge is -2.20. The van der Waals surface area contributed by atoms with Gasteiger partial charge in [0.25, 0.3) is 0 Å². The summed E-state index contributed by atoms with van der Waals surface area (Å²) < 4.78 is 12.0. The average Bonchev–Trinajstić information content (AvgIpc) is 2.77. The van der Waals surface area contributed by atoms with Crippen LogP contribution in [0.25, 0.3) is 0 Å². The summed E-state index contributed by atoms with van der Waals surface area (Å²) in [6.45, 7) is 2.76. The number of anilines is 1. The first-order valence-electron chi connectivity index (χ1n) is 5.98. The number of hydrogen-bond acceptors (Lipinski definition) is 4. The molecule has 1 aliphatic rings. The van der Waals surface area contributed by atoms with E-state index in [-0.39, 0.29) is 18.1 Å². The molecular weight excluding hydrogens is 378 g/mol. The zero-order chi connectivity index (χ0) is 14.0. The second kappa shape index (κ2) is 6.24. The van der Waals surface area contributed by atoms with E-state index in [2.05, 4.69) is 37.2 Å². The van der Waals surface area contributed by atoms with Crippen molar-refractivity contribution in [3.05, 3.63) is 26.6 Å². The normalized spacial score (nSPS) is 22.3. The molecule has 1 fully saturated rings. The Hall–Kier alpha value is -0.590. The van der Waals surface area contributed by atoms with Crippen LogP contribution in [0.4, 0.5) is 5.69 Å². The highest BCUT2D eigenvalue weighted by Gasteiger charge is 2.26. The van der Waals surface area contributed by atoms with Crippen LogP contribution in [0.3, 0.4) is 0 Å². The number of esters is 1. The molecule has 2 rings (SSSR count). The minimum atomic E-state index is -0.365. The molecule has 0 radical (unpaired) electrons. The van der Waals surface area contributed by atoms with E-state index in [0.717, 1.165) is 27.7 Å². The first-order valence-corrected chi connectivity index (χ1v) is 7.57. The summed E-state index contributed by atoms with van der Waals surface area (Å²) >= 11 is 6.86. The van der Waals surface area contributed by atoms with Crippen molar-refractivity contribution in [1.29, 1.82) is 0 Å². The van der Waals surface area contributed by atoms with Gasteiger partial charge in [-0.1, -0.05) is 15.9 Å². The molecule has 2 atom stereocenters. The zero-order valence-corrected chi connectivity index (χ0v) is 13.9. The second-order valence-corrected chi connectivity index (χ2v) is 6.19. The molecule has 0 saturated carbocycles. The Morgan fingerprint density at radius 3 is 2.79 bits per heavy atom. The molecule has 0 spiro atoms. The number of nitrogens with one attached hydrogen (secondary N) is 1. The number of benzene rings is 1. The molecule has 104 valence electrons. The molecule has 1 aromatic carbocycles. The van der Waals surface area contributed by atoms with E-state index in [0.29, 0.717) is 5.56 Å². The number of carbonyl (C=O) groups is 1. The molecule has 4 nitrogen and oxygen atoms in total. The minimum absolute atomic E-state index is 0.126. The van der Waals surface area contributed by atoms with Crippen LogP contribution in [0.5, 0.6) is 0 Å². The SMILES string of the molecule is COC(=O)c1cc(Br)cc(Br)c1NC1CCOC1C. The van der Waals surface area contributed by atoms with E-state index in [1.807, 2.05) is 13.0 Å². The van der Waals surface area contributed by atoms with E-state index >= 15 is 0 Å². The number of halogens is 2. The summed E-state index contributed by atoms with van der Waals surface area (Å²) in [6, 6.07) is 3.84. The summed E-state index contributed by atoms with van der Waals surface area (Å²) in [5, 5.41) is 3.38. The first kappa shape index (κ1) is 14.8. The molecule has 1 heterocycles. The fraction of sp³-hybridized carbons (Fsp3) is 0.462. The van der Waals surface area contributed by atoms with Gasteiger partial charge in [-0.05, 0) is 41.4 Å². The standard InChI is InChI=1S/C13H15Br2NO3/c1-7-11(3-4-19-7)16-12-9(13(17)18-2)5-8(14)6-10(12)15/h5-7,11,16H,3-4H2,1-2H3. The fourth-order valence-corrected chi connectivity index (χ4v) is 3.44. The summed E-state index contributed by atoms with van der Waals surface area (Å²) in [5.74, 6) is -0.365. The summed E-state index contributed by atoms with van der Waals surface area (Å²) in [4.78, 5) is 11.9. The van der Waals surface area contributed by atoms with Crippen molar-refractivity contribution < 1.29 is 14.3 Å². The van der Waals surface area contributed by atoms with Gasteiger partial charge in [-0.3, -0.25) is 0 Å². The first-order chi connectivity index (χ1) is 9.02. The summed E-state index contributed by atoms with van der Waals surface area (Å²) in [7, 11) is 1.38. The molecule has 0 aliphatic carbocycles. The monoisotopic (exact) mass is 391 g/mol. The Morgan fingerprint density at radius 1 is 1.47 bits per heavy atom. The van der Waals surface area contributed by atoms with E-state index in [9.17, 15) is 4.79 Å². The van der Waals surface area contributed by atoms with E-state index in [1.165, 1.54) is 7.11 Å². The Kier molecular flexibility index (Phi) is 4.86. The predicted octanol–water partition coefficient (Wildman–Crippen LogP) is 3.59. The van der Waals surface area contributed by atoms with E-state index in [1.54, 1.807) is 6.07 Å². The minimum Gasteiger partial charge on any atom is -0.465 e. The third kappa shape index (κ3) is 3.30. The van der Waals surface area contributed by atoms with Crippen molar-refractivity contribution in [2.45, 2.75) is 25.5 Å². The Labute approximate surface area is 129 Å². The predicted molar refractivity (Wildman–Crippen MR) is 80.6 cm³/mol. The molecule has 1 N–H and O–H groups in total. The van der Waals surface area contributed by atoms with Crippen LogP contribution in [-0.4, -0.2) is 31.8 Å². The smallest absolute Gasteiger partial charge is 0.340 e. The van der Waals surface area contributed by atoms with Crippen molar-refractivity contribution in [2.24, 2.45) is 0 Å². The van der Waals surface area contributed by atoms with E-state index in [4.69, 9.17) is 9.47 Å². The molecule has 1 saturated heterocycles. The van der Waals surface area contributed by atoms with Gasteiger partial charge in [0.05, 0.1) is 30.5 Å². The van der Waals surface area contributed by atoms with Gasteiger partial charge >= 0.3 is 5.97 Å². The molecule has 1 aromatic rings. The van der Waals surface area contributed by atoms with Gasteiger partial charge < -0.3 is 14.8 Å². The van der Waals surface area contributed by atoms with Crippen molar-refractivity contribution in [2.75, 3.05) is 19.0 Å². The Morgan fingerprint density at radius 2 is 2.21 bits per heavy atom. The molecule has 0 bridgehead atoms. The van der Waals surface area contributed by atoms with Gasteiger partial charge in [-0.25, -0.2) is 4.79 Å². The van der Waals surface area contributed by atoms with Crippen LogP contribution in [-0.2, 0) is 9.47 Å². The molecule has 0 amide bonds. The van der Waals surface area contributed by atoms with Crippen LogP contribution >= 0.6 is 31.9 Å². The molecule has 2 unspecified atom stereocenters. The molecule has 6 heteroatoms. The van der Waals surface area contributed by atoms with Crippen molar-refractivity contribution in [1.82, 2.24) is 0 Å². The van der Waals surface area contributed by atoms with Crippen LogP contribution in [0, 0.1) is 0 Å². The van der Waals surface area contributed by atoms with Crippen LogP contribution < -0.4 is 5.32 Å². The highest BCUT2D eigenvalue weighted by molar-refractivity contribution is 9.11. The lowest BCUT2D eigenvalue weighted by Crippen LogP contribution is -2.28. The van der Waals surface area contributed by atoms with Crippen LogP contribution in [0.2, 0.25) is 0 Å². The summed E-state index contributed by atoms with van der Waals surface area (Å²) in [6.07, 6.45) is 1.05. The largest absolute Gasteiger partial charge is 0.465 e. The molecule has 0 aromatic heterocycles. The second-order valence-electron chi connectivity index (χ2n) is 4.42. The number of carbonyl (C=O) groups excluding carboxylic acids is 1. The number of hydrogen-bond donors (Lipinski definition) is 1. The maximum absolute atomic E-state index is 11.9. The zero-order valence-electron chi connectivity index (χ0n) is 10.7. The van der Waals surface area contributed by atoms with Crippen molar-refractivity contribution in [3.8, 4) is 0 Å². The Bertz CT molecular complexity index is 493. The summed E-state index contributed by atoms with van der Waals surface area (Å²) in [5.41, 5.74) is 1.25. The lowest BCUT2D eigenvalue weighted by molar-refractivity contribution is 0.0601. The van der Waals surface area contributed by atoms with Crippen molar-refractivity contribution in [3.63, 3.8) is 0 Å². The quantitative estimate of drug-likeness (QED) is 0.798. The topological polar surface area (TPSA) is 47.6 Å². The van der Waals surface area contributed by atoms with Gasteiger partial charge in [0, 0.05) is 15.6 Å². The highest BCUT2D eigenvalue weighted by atomic mass is 79.9. The van der Waals surface area contributed by atoms with Gasteiger partial charge in [0.2, 0.25) is 0 Å². The molecule has 1 aliphatic heterocycles. The van der Waals surface area contributed by atoms with Crippen molar-refractivity contribution >= 4 is 43.5 Å². The Balaban J connectivity index is 2.34. The number of methoxy groups -OCH3 is 1. The maximum Gasteiger partial charge on any atom is 0.340 e. The average molecular weight is 393 g/mol. The van der Waals surface area contributed by atoms with Gasteiger partial charge in [0.1, 0.15) is 0 Å². The maximum atomic E-state index is 11.9. The van der Waals surface area contributed by atoms with E-state index < -0.39 is 0 Å². The fourth-order valence-electron chi connectivity index (χ4n) is 2.10. The number of ether oxygens (including phenoxy) is 2. The molecular formula is C13H15Br2NO3. The molecule has 19 heavy (non-hydrogen) atoms. The number of rotatable bonds is 3. The van der Waals surface area contributed by atoms with Crippen LogP contribution in [0.15, 0.2) is 21.1 Å². The van der Waals surface area contributed by atoms with Gasteiger partial charge in [0.15, 0.2) is 0 Å². The highest BCUT2D eigenvalue weighted by Crippen LogP contribution is 2.33.